The number of aromatic amines is 1. The van der Waals surface area contributed by atoms with Crippen LogP contribution >= 0.6 is 0 Å². The van der Waals surface area contributed by atoms with Crippen LogP contribution in [-0.4, -0.2) is 24.8 Å². The van der Waals surface area contributed by atoms with Crippen LogP contribution in [0.25, 0.3) is 10.9 Å². The maximum Gasteiger partial charge on any atom is 0.192 e. The van der Waals surface area contributed by atoms with Gasteiger partial charge in [-0.1, -0.05) is 24.6 Å². The predicted octanol–water partition coefficient (Wildman–Crippen LogP) is 4.54. The number of ether oxygens (including phenoxy) is 3. The van der Waals surface area contributed by atoms with Crippen molar-refractivity contribution in [3.05, 3.63) is 69.5 Å². The Kier molecular flexibility index (Phi) is 6.15. The Balaban J connectivity index is 1.20. The van der Waals surface area contributed by atoms with Crippen LogP contribution in [-0.2, 0) is 17.8 Å². The number of para-hydroxylation sites is 1. The Morgan fingerprint density at radius 3 is 2.72 bits per heavy atom. The topological polar surface area (TPSA) is 60.6 Å². The van der Waals surface area contributed by atoms with E-state index in [1.807, 2.05) is 37.3 Å². The van der Waals surface area contributed by atoms with Gasteiger partial charge in [0.25, 0.3) is 0 Å². The number of hydrogen-bond donors (Lipinski definition) is 1. The Labute approximate surface area is 170 Å². The molecule has 0 saturated carbocycles. The highest BCUT2D eigenvalue weighted by molar-refractivity contribution is 5.79. The summed E-state index contributed by atoms with van der Waals surface area (Å²) in [6.07, 6.45) is 4.23. The number of aryl methyl sites for hydroxylation is 1. The summed E-state index contributed by atoms with van der Waals surface area (Å²) in [5.74, 6) is 1.70. The van der Waals surface area contributed by atoms with Crippen LogP contribution in [0.1, 0.15) is 36.1 Å². The highest BCUT2D eigenvalue weighted by Crippen LogP contribution is 2.31. The second-order valence-corrected chi connectivity index (χ2v) is 7.44. The molecule has 2 aromatic carbocycles. The lowest BCUT2D eigenvalue weighted by Crippen LogP contribution is -2.15. The van der Waals surface area contributed by atoms with Gasteiger partial charge in [0.15, 0.2) is 16.9 Å². The quantitative estimate of drug-likeness (QED) is 0.571. The molecule has 0 radical (unpaired) electrons. The molecule has 0 atom stereocenters. The summed E-state index contributed by atoms with van der Waals surface area (Å²) >= 11 is 0. The molecular formula is C24H27NO4. The first-order chi connectivity index (χ1) is 14.2. The van der Waals surface area contributed by atoms with Gasteiger partial charge in [-0.3, -0.25) is 4.79 Å². The average molecular weight is 393 g/mol. The number of fused-ring (bicyclic) bond motifs is 2. The summed E-state index contributed by atoms with van der Waals surface area (Å²) in [4.78, 5) is 15.8. The first-order valence-corrected chi connectivity index (χ1v) is 10.3. The largest absolute Gasteiger partial charge is 0.486 e. The third-order valence-corrected chi connectivity index (χ3v) is 5.36. The summed E-state index contributed by atoms with van der Waals surface area (Å²) < 4.78 is 17.0. The van der Waals surface area contributed by atoms with Gasteiger partial charge >= 0.3 is 0 Å². The van der Waals surface area contributed by atoms with Crippen molar-refractivity contribution in [3.63, 3.8) is 0 Å². The Morgan fingerprint density at radius 2 is 1.83 bits per heavy atom. The summed E-state index contributed by atoms with van der Waals surface area (Å²) in [5.41, 5.74) is 3.82. The molecule has 0 amide bonds. The van der Waals surface area contributed by atoms with Crippen LogP contribution in [0.5, 0.6) is 11.5 Å². The summed E-state index contributed by atoms with van der Waals surface area (Å²) in [6.45, 7) is 4.23. The first-order valence-electron chi connectivity index (χ1n) is 10.3. The smallest absolute Gasteiger partial charge is 0.192 e. The molecule has 152 valence electrons. The number of pyridine rings is 1. The van der Waals surface area contributed by atoms with Gasteiger partial charge in [0.05, 0.1) is 6.61 Å². The van der Waals surface area contributed by atoms with Crippen LogP contribution in [0.4, 0.5) is 0 Å². The number of rotatable bonds is 8. The average Bonchev–Trinajstić information content (AvgIpc) is 2.76. The minimum Gasteiger partial charge on any atom is -0.486 e. The van der Waals surface area contributed by atoms with Crippen molar-refractivity contribution in [1.82, 2.24) is 4.98 Å². The first kappa shape index (κ1) is 19.5. The van der Waals surface area contributed by atoms with Crippen molar-refractivity contribution >= 4 is 10.9 Å². The van der Waals surface area contributed by atoms with Gasteiger partial charge in [0, 0.05) is 28.8 Å². The molecule has 1 aliphatic rings. The van der Waals surface area contributed by atoms with Crippen LogP contribution in [0.2, 0.25) is 0 Å². The zero-order valence-corrected chi connectivity index (χ0v) is 16.8. The Hall–Kier alpha value is -2.79. The van der Waals surface area contributed by atoms with Crippen molar-refractivity contribution in [2.45, 2.75) is 39.2 Å². The zero-order chi connectivity index (χ0) is 20.1. The molecule has 5 nitrogen and oxygen atoms in total. The van der Waals surface area contributed by atoms with Gasteiger partial charge in [-0.15, -0.1) is 0 Å². The molecular weight excluding hydrogens is 366 g/mol. The Morgan fingerprint density at radius 1 is 1.00 bits per heavy atom. The van der Waals surface area contributed by atoms with E-state index in [9.17, 15) is 4.79 Å². The summed E-state index contributed by atoms with van der Waals surface area (Å²) in [7, 11) is 0. The normalized spacial score (nSPS) is 13.0. The molecule has 0 saturated heterocycles. The number of nitrogens with one attached hydrogen (secondary N) is 1. The van der Waals surface area contributed by atoms with E-state index in [1.165, 1.54) is 5.56 Å². The minimum absolute atomic E-state index is 0.0809. The van der Waals surface area contributed by atoms with Crippen molar-refractivity contribution in [3.8, 4) is 11.5 Å². The second-order valence-electron chi connectivity index (χ2n) is 7.44. The van der Waals surface area contributed by atoms with Crippen molar-refractivity contribution in [1.29, 1.82) is 0 Å². The maximum atomic E-state index is 12.5. The lowest BCUT2D eigenvalue weighted by Gasteiger charge is -2.18. The molecule has 0 fully saturated rings. The zero-order valence-electron chi connectivity index (χ0n) is 16.8. The van der Waals surface area contributed by atoms with E-state index in [-0.39, 0.29) is 5.43 Å². The third kappa shape index (κ3) is 4.62. The lowest BCUT2D eigenvalue weighted by atomic mass is 10.1. The van der Waals surface area contributed by atoms with E-state index >= 15 is 0 Å². The standard InChI is InChI=1S/C24H27NO4/c1-17-21(25-20-9-5-4-8-19(20)24(17)26)16-27-12-6-2-3-7-18-10-11-22-23(15-18)29-14-13-28-22/h4-5,8-11,15H,2-3,6-7,12-14,16H2,1H3,(H,25,26). The SMILES string of the molecule is Cc1c(COCCCCCc2ccc3c(c2)OCCO3)[nH]c2ccccc2c1=O. The van der Waals surface area contributed by atoms with Gasteiger partial charge in [-0.25, -0.2) is 0 Å². The van der Waals surface area contributed by atoms with Crippen molar-refractivity contribution in [2.24, 2.45) is 0 Å². The lowest BCUT2D eigenvalue weighted by molar-refractivity contribution is 0.114. The van der Waals surface area contributed by atoms with Crippen LogP contribution in [0, 0.1) is 6.92 Å². The number of benzene rings is 2. The van der Waals surface area contributed by atoms with E-state index in [2.05, 4.69) is 17.1 Å². The second kappa shape index (κ2) is 9.14. The maximum absolute atomic E-state index is 12.5. The molecule has 4 rings (SSSR count). The molecule has 1 aromatic heterocycles. The van der Waals surface area contributed by atoms with Gasteiger partial charge < -0.3 is 19.2 Å². The van der Waals surface area contributed by atoms with Gasteiger partial charge in [-0.2, -0.15) is 0 Å². The molecule has 29 heavy (non-hydrogen) atoms. The molecule has 0 aliphatic carbocycles. The molecule has 0 spiro atoms. The minimum atomic E-state index is 0.0809. The molecule has 2 heterocycles. The van der Waals surface area contributed by atoms with E-state index in [0.717, 1.165) is 59.3 Å². The van der Waals surface area contributed by atoms with Gasteiger partial charge in [0.1, 0.15) is 13.2 Å². The number of unbranched alkanes of at least 4 members (excludes halogenated alkanes) is 2. The van der Waals surface area contributed by atoms with Crippen LogP contribution < -0.4 is 14.9 Å². The Bertz CT molecular complexity index is 1040. The van der Waals surface area contributed by atoms with E-state index in [1.54, 1.807) is 0 Å². The van der Waals surface area contributed by atoms with Gasteiger partial charge in [0.2, 0.25) is 0 Å². The molecule has 1 aliphatic heterocycles. The van der Waals surface area contributed by atoms with Crippen molar-refractivity contribution < 1.29 is 14.2 Å². The number of H-pyrrole nitrogens is 1. The fourth-order valence-electron chi connectivity index (χ4n) is 3.66. The van der Waals surface area contributed by atoms with E-state index < -0.39 is 0 Å². The highest BCUT2D eigenvalue weighted by atomic mass is 16.6. The molecule has 0 unspecified atom stereocenters. The molecule has 1 N–H and O–H groups in total. The van der Waals surface area contributed by atoms with Crippen LogP contribution in [0.3, 0.4) is 0 Å². The fourth-order valence-corrected chi connectivity index (χ4v) is 3.66. The third-order valence-electron chi connectivity index (χ3n) is 5.36. The highest BCUT2D eigenvalue weighted by Gasteiger charge is 2.11. The number of aromatic nitrogens is 1. The summed E-state index contributed by atoms with van der Waals surface area (Å²) in [5, 5.41) is 0.730. The van der Waals surface area contributed by atoms with Crippen molar-refractivity contribution in [2.75, 3.05) is 19.8 Å². The van der Waals surface area contributed by atoms with E-state index in [0.29, 0.717) is 26.4 Å². The monoisotopic (exact) mass is 393 g/mol. The molecule has 3 aromatic rings. The number of hydrogen-bond acceptors (Lipinski definition) is 4. The molecule has 5 heteroatoms. The fraction of sp³-hybridized carbons (Fsp3) is 0.375. The van der Waals surface area contributed by atoms with Gasteiger partial charge in [-0.05, 0) is 56.0 Å². The predicted molar refractivity (Wildman–Crippen MR) is 114 cm³/mol. The van der Waals surface area contributed by atoms with E-state index in [4.69, 9.17) is 14.2 Å². The summed E-state index contributed by atoms with van der Waals surface area (Å²) in [6, 6.07) is 13.8. The van der Waals surface area contributed by atoms with Crippen LogP contribution in [0.15, 0.2) is 47.3 Å². The molecule has 0 bridgehead atoms.